The van der Waals surface area contributed by atoms with Crippen molar-refractivity contribution in [3.8, 4) is 0 Å². The van der Waals surface area contributed by atoms with Gasteiger partial charge in [0, 0.05) is 37.3 Å². The zero-order valence-electron chi connectivity index (χ0n) is 20.9. The van der Waals surface area contributed by atoms with Crippen LogP contribution in [0.1, 0.15) is 88.5 Å². The standard InChI is InChI=1S/C27H40N4O3/c1-20-10-7-8-14-29(20)15-9-16-31-25(32)23-18-24-22(13-17-34-24)30(23)19-27(31,2)26(33)28-21-11-5-3-4-6-12-21/h13,17-18,20-21H,3-12,14-16,19H2,1-2H3,(H,28,33)/t20-,27-/m1/s1. The lowest BCUT2D eigenvalue weighted by atomic mass is 9.93. The molecule has 0 spiro atoms. The Hall–Kier alpha value is -2.28. The zero-order valence-corrected chi connectivity index (χ0v) is 20.9. The summed E-state index contributed by atoms with van der Waals surface area (Å²) >= 11 is 0. The van der Waals surface area contributed by atoms with Crippen LogP contribution in [0.3, 0.4) is 0 Å². The lowest BCUT2D eigenvalue weighted by Crippen LogP contribution is -2.65. The molecule has 2 aliphatic heterocycles. The first-order chi connectivity index (χ1) is 16.5. The normalized spacial score (nSPS) is 27.1. The summed E-state index contributed by atoms with van der Waals surface area (Å²) in [5.41, 5.74) is 1.30. The van der Waals surface area contributed by atoms with Crippen LogP contribution in [0.5, 0.6) is 0 Å². The molecular weight excluding hydrogens is 428 g/mol. The lowest BCUT2D eigenvalue weighted by Gasteiger charge is -2.45. The molecule has 4 heterocycles. The number of hydrogen-bond acceptors (Lipinski definition) is 4. The number of aromatic nitrogens is 1. The van der Waals surface area contributed by atoms with Gasteiger partial charge in [0.25, 0.3) is 5.91 Å². The van der Waals surface area contributed by atoms with Gasteiger partial charge in [-0.1, -0.05) is 32.1 Å². The summed E-state index contributed by atoms with van der Waals surface area (Å²) in [6.07, 6.45) is 13.2. The van der Waals surface area contributed by atoms with Crippen molar-refractivity contribution in [2.45, 2.75) is 102 Å². The van der Waals surface area contributed by atoms with Crippen LogP contribution in [0, 0.1) is 0 Å². The molecule has 3 aliphatic rings. The number of carbonyl (C=O) groups is 2. The minimum Gasteiger partial charge on any atom is -0.463 e. The Kier molecular flexibility index (Phi) is 6.74. The maximum absolute atomic E-state index is 13.8. The number of piperidine rings is 1. The van der Waals surface area contributed by atoms with Crippen LogP contribution in [-0.4, -0.2) is 63.4 Å². The fourth-order valence-corrected chi connectivity index (χ4v) is 6.31. The first-order valence-corrected chi connectivity index (χ1v) is 13.4. The number of amides is 2. The van der Waals surface area contributed by atoms with Crippen LogP contribution in [0.15, 0.2) is 22.8 Å². The van der Waals surface area contributed by atoms with Gasteiger partial charge in [-0.3, -0.25) is 9.59 Å². The molecule has 1 saturated heterocycles. The van der Waals surface area contributed by atoms with Crippen LogP contribution in [0.25, 0.3) is 11.1 Å². The second kappa shape index (κ2) is 9.76. The van der Waals surface area contributed by atoms with Crippen LogP contribution in [-0.2, 0) is 11.3 Å². The maximum atomic E-state index is 13.8. The van der Waals surface area contributed by atoms with Crippen LogP contribution in [0.4, 0.5) is 0 Å². The molecule has 7 heteroatoms. The van der Waals surface area contributed by atoms with Gasteiger partial charge in [-0.2, -0.15) is 0 Å². The van der Waals surface area contributed by atoms with Gasteiger partial charge in [0.1, 0.15) is 11.2 Å². The predicted octanol–water partition coefficient (Wildman–Crippen LogP) is 4.55. The van der Waals surface area contributed by atoms with E-state index >= 15 is 0 Å². The second-order valence-corrected chi connectivity index (χ2v) is 10.9. The number of likely N-dealkylation sites (tertiary alicyclic amines) is 1. The molecule has 2 amide bonds. The fourth-order valence-electron chi connectivity index (χ4n) is 6.31. The van der Waals surface area contributed by atoms with Gasteiger partial charge in [0.2, 0.25) is 5.91 Å². The second-order valence-electron chi connectivity index (χ2n) is 10.9. The van der Waals surface area contributed by atoms with Gasteiger partial charge in [-0.25, -0.2) is 0 Å². The highest BCUT2D eigenvalue weighted by molar-refractivity contribution is 6.02. The summed E-state index contributed by atoms with van der Waals surface area (Å²) < 4.78 is 7.57. The summed E-state index contributed by atoms with van der Waals surface area (Å²) in [7, 11) is 0. The molecule has 0 radical (unpaired) electrons. The van der Waals surface area contributed by atoms with Gasteiger partial charge in [-0.15, -0.1) is 0 Å². The van der Waals surface area contributed by atoms with Gasteiger partial charge < -0.3 is 24.1 Å². The van der Waals surface area contributed by atoms with E-state index in [0.29, 0.717) is 30.4 Å². The summed E-state index contributed by atoms with van der Waals surface area (Å²) in [4.78, 5) is 32.0. The highest BCUT2D eigenvalue weighted by Crippen LogP contribution is 2.33. The number of hydrogen-bond donors (Lipinski definition) is 1. The minimum absolute atomic E-state index is 0.0184. The summed E-state index contributed by atoms with van der Waals surface area (Å²) in [5, 5.41) is 3.35. The number of nitrogens with zero attached hydrogens (tertiary/aromatic N) is 3. The van der Waals surface area contributed by atoms with Gasteiger partial charge in [0.15, 0.2) is 5.58 Å². The summed E-state index contributed by atoms with van der Waals surface area (Å²) in [5.74, 6) is -0.0852. The molecule has 1 saturated carbocycles. The lowest BCUT2D eigenvalue weighted by molar-refractivity contribution is -0.133. The molecule has 7 nitrogen and oxygen atoms in total. The van der Waals surface area contributed by atoms with Crippen molar-refractivity contribution in [2.75, 3.05) is 19.6 Å². The van der Waals surface area contributed by atoms with Crippen LogP contribution >= 0.6 is 0 Å². The van der Waals surface area contributed by atoms with Crippen molar-refractivity contribution in [1.82, 2.24) is 19.7 Å². The van der Waals surface area contributed by atoms with Gasteiger partial charge in [0.05, 0.1) is 18.3 Å². The maximum Gasteiger partial charge on any atom is 0.271 e. The van der Waals surface area contributed by atoms with E-state index in [-0.39, 0.29) is 17.9 Å². The average molecular weight is 469 g/mol. The molecule has 0 aromatic carbocycles. The molecule has 2 atom stereocenters. The van der Waals surface area contributed by atoms with E-state index < -0.39 is 5.54 Å². The van der Waals surface area contributed by atoms with E-state index in [4.69, 9.17) is 4.42 Å². The molecular formula is C27H40N4O3. The third-order valence-electron chi connectivity index (χ3n) is 8.50. The predicted molar refractivity (Wildman–Crippen MR) is 133 cm³/mol. The fraction of sp³-hybridized carbons (Fsp3) is 0.704. The Bertz CT molecular complexity index is 1020. The van der Waals surface area contributed by atoms with E-state index in [0.717, 1.165) is 50.7 Å². The Morgan fingerprint density at radius 3 is 2.65 bits per heavy atom. The topological polar surface area (TPSA) is 70.7 Å². The highest BCUT2D eigenvalue weighted by atomic mass is 16.3. The number of rotatable bonds is 6. The van der Waals surface area contributed by atoms with Crippen molar-refractivity contribution in [1.29, 1.82) is 0 Å². The van der Waals surface area contributed by atoms with Crippen LogP contribution in [0.2, 0.25) is 0 Å². The first-order valence-electron chi connectivity index (χ1n) is 13.4. The quantitative estimate of drug-likeness (QED) is 0.632. The van der Waals surface area contributed by atoms with Crippen molar-refractivity contribution in [3.05, 3.63) is 24.1 Å². The molecule has 2 fully saturated rings. The van der Waals surface area contributed by atoms with E-state index in [1.165, 1.54) is 32.1 Å². The number of carbonyl (C=O) groups excluding carboxylic acids is 2. The third-order valence-corrected chi connectivity index (χ3v) is 8.50. The Morgan fingerprint density at radius 1 is 1.12 bits per heavy atom. The molecule has 186 valence electrons. The number of furan rings is 1. The van der Waals surface area contributed by atoms with E-state index in [1.54, 1.807) is 6.26 Å². The SMILES string of the molecule is C[C@@H]1CCCCN1CCCN1C(=O)c2cc3occc3n2C[C@]1(C)C(=O)NC1CCCCCC1. The van der Waals surface area contributed by atoms with E-state index in [9.17, 15) is 9.59 Å². The smallest absolute Gasteiger partial charge is 0.271 e. The number of nitrogens with one attached hydrogen (secondary N) is 1. The molecule has 34 heavy (non-hydrogen) atoms. The molecule has 2 aromatic rings. The minimum atomic E-state index is -0.923. The number of fused-ring (bicyclic) bond motifs is 3. The van der Waals surface area contributed by atoms with Crippen molar-refractivity contribution < 1.29 is 14.0 Å². The van der Waals surface area contributed by atoms with Crippen molar-refractivity contribution >= 4 is 22.9 Å². The Labute approximate surface area is 202 Å². The molecule has 2 aromatic heterocycles. The van der Waals surface area contributed by atoms with E-state index in [1.807, 2.05) is 28.5 Å². The van der Waals surface area contributed by atoms with Gasteiger partial charge >= 0.3 is 0 Å². The molecule has 1 aliphatic carbocycles. The summed E-state index contributed by atoms with van der Waals surface area (Å²) in [6.45, 7) is 7.40. The third kappa shape index (κ3) is 4.39. The largest absolute Gasteiger partial charge is 0.463 e. The molecule has 1 N–H and O–H groups in total. The van der Waals surface area contributed by atoms with Gasteiger partial charge in [-0.05, 0) is 52.5 Å². The monoisotopic (exact) mass is 468 g/mol. The van der Waals surface area contributed by atoms with E-state index in [2.05, 4.69) is 17.1 Å². The molecule has 5 rings (SSSR count). The molecule has 0 bridgehead atoms. The summed E-state index contributed by atoms with van der Waals surface area (Å²) in [6, 6.07) is 4.53. The van der Waals surface area contributed by atoms with Crippen LogP contribution < -0.4 is 5.32 Å². The van der Waals surface area contributed by atoms with Crippen molar-refractivity contribution in [3.63, 3.8) is 0 Å². The Balaban J connectivity index is 1.38. The Morgan fingerprint density at radius 2 is 1.88 bits per heavy atom. The zero-order chi connectivity index (χ0) is 23.7. The van der Waals surface area contributed by atoms with Crippen molar-refractivity contribution in [2.24, 2.45) is 0 Å². The first kappa shape index (κ1) is 23.5. The average Bonchev–Trinajstić information content (AvgIpc) is 3.31. The molecule has 0 unspecified atom stereocenters. The highest BCUT2D eigenvalue weighted by Gasteiger charge is 2.48.